The Morgan fingerprint density at radius 2 is 2.08 bits per heavy atom. The summed E-state index contributed by atoms with van der Waals surface area (Å²) < 4.78 is 0. The van der Waals surface area contributed by atoms with E-state index in [1.54, 1.807) is 0 Å². The van der Waals surface area contributed by atoms with Gasteiger partial charge in [-0.1, -0.05) is 6.92 Å². The van der Waals surface area contributed by atoms with Gasteiger partial charge in [-0.05, 0) is 11.8 Å². The third-order valence-corrected chi connectivity index (χ3v) is 3.31. The van der Waals surface area contributed by atoms with Crippen LogP contribution in [-0.2, 0) is 0 Å². The Morgan fingerprint density at radius 1 is 1.38 bits per heavy atom. The maximum Gasteiger partial charge on any atom is 0.0474 e. The fourth-order valence-corrected chi connectivity index (χ4v) is 2.14. The molecule has 2 aliphatic rings. The standard InChI is InChI=1S/C9H18N2O.ClH/c1-7-4-11(5-8(7)6-12)9-2-10-3-9;/h7-10,12H,2-6H2,1H3;1H/t7-,8+;/m1./s1. The van der Waals surface area contributed by atoms with Crippen molar-refractivity contribution >= 4 is 12.4 Å². The van der Waals surface area contributed by atoms with Crippen molar-refractivity contribution in [2.24, 2.45) is 11.8 Å². The number of aliphatic hydroxyl groups excluding tert-OH is 1. The Bertz CT molecular complexity index is 164. The number of likely N-dealkylation sites (tertiary alicyclic amines) is 1. The molecule has 2 heterocycles. The van der Waals surface area contributed by atoms with Crippen LogP contribution in [0.15, 0.2) is 0 Å². The summed E-state index contributed by atoms with van der Waals surface area (Å²) in [6.07, 6.45) is 0. The Kier molecular flexibility index (Phi) is 3.98. The molecule has 0 aromatic carbocycles. The molecular weight excluding hydrogens is 188 g/mol. The highest BCUT2D eigenvalue weighted by Gasteiger charge is 2.35. The molecule has 0 spiro atoms. The van der Waals surface area contributed by atoms with Gasteiger partial charge in [0, 0.05) is 38.8 Å². The summed E-state index contributed by atoms with van der Waals surface area (Å²) in [5, 5.41) is 12.4. The largest absolute Gasteiger partial charge is 0.396 e. The van der Waals surface area contributed by atoms with Gasteiger partial charge in [0.1, 0.15) is 0 Å². The second-order valence-corrected chi connectivity index (χ2v) is 4.19. The zero-order chi connectivity index (χ0) is 8.55. The van der Waals surface area contributed by atoms with E-state index in [9.17, 15) is 0 Å². The average Bonchev–Trinajstić information content (AvgIpc) is 2.27. The summed E-state index contributed by atoms with van der Waals surface area (Å²) >= 11 is 0. The number of hydrogen-bond donors (Lipinski definition) is 2. The van der Waals surface area contributed by atoms with Gasteiger partial charge < -0.3 is 10.4 Å². The second kappa shape index (κ2) is 4.60. The summed E-state index contributed by atoms with van der Waals surface area (Å²) in [6.45, 7) is 7.17. The summed E-state index contributed by atoms with van der Waals surface area (Å²) in [6, 6.07) is 0.754. The first-order valence-electron chi connectivity index (χ1n) is 4.87. The van der Waals surface area contributed by atoms with Crippen molar-refractivity contribution in [1.29, 1.82) is 0 Å². The van der Waals surface area contributed by atoms with Gasteiger partial charge in [0.25, 0.3) is 0 Å². The topological polar surface area (TPSA) is 35.5 Å². The van der Waals surface area contributed by atoms with Crippen molar-refractivity contribution in [1.82, 2.24) is 10.2 Å². The molecule has 78 valence electrons. The van der Waals surface area contributed by atoms with E-state index in [1.165, 1.54) is 6.54 Å². The Morgan fingerprint density at radius 3 is 2.46 bits per heavy atom. The van der Waals surface area contributed by atoms with Crippen LogP contribution >= 0.6 is 12.4 Å². The molecule has 0 bridgehead atoms. The van der Waals surface area contributed by atoms with Gasteiger partial charge in [-0.2, -0.15) is 0 Å². The molecule has 4 heteroatoms. The number of aliphatic hydroxyl groups is 1. The van der Waals surface area contributed by atoms with E-state index in [2.05, 4.69) is 17.1 Å². The molecule has 0 aliphatic carbocycles. The highest BCUT2D eigenvalue weighted by atomic mass is 35.5. The lowest BCUT2D eigenvalue weighted by molar-refractivity contribution is 0.160. The summed E-state index contributed by atoms with van der Waals surface area (Å²) in [4.78, 5) is 2.52. The minimum Gasteiger partial charge on any atom is -0.396 e. The van der Waals surface area contributed by atoms with Gasteiger partial charge in [-0.3, -0.25) is 4.90 Å². The van der Waals surface area contributed by atoms with Crippen LogP contribution in [0.5, 0.6) is 0 Å². The number of nitrogens with zero attached hydrogens (tertiary/aromatic N) is 1. The fraction of sp³-hybridized carbons (Fsp3) is 1.00. The van der Waals surface area contributed by atoms with E-state index >= 15 is 0 Å². The minimum atomic E-state index is 0. The van der Waals surface area contributed by atoms with Crippen LogP contribution in [0.4, 0.5) is 0 Å². The molecule has 2 rings (SSSR count). The lowest BCUT2D eigenvalue weighted by Crippen LogP contribution is -2.56. The predicted octanol–water partition coefficient (Wildman–Crippen LogP) is -0.0598. The maximum atomic E-state index is 9.08. The van der Waals surface area contributed by atoms with Crippen molar-refractivity contribution in [2.75, 3.05) is 32.8 Å². The zero-order valence-corrected chi connectivity index (χ0v) is 8.89. The molecule has 0 amide bonds. The number of halogens is 1. The highest BCUT2D eigenvalue weighted by molar-refractivity contribution is 5.85. The van der Waals surface area contributed by atoms with E-state index < -0.39 is 0 Å². The van der Waals surface area contributed by atoms with Crippen molar-refractivity contribution < 1.29 is 5.11 Å². The van der Waals surface area contributed by atoms with Crippen LogP contribution in [0.2, 0.25) is 0 Å². The monoisotopic (exact) mass is 206 g/mol. The van der Waals surface area contributed by atoms with Crippen LogP contribution in [0.3, 0.4) is 0 Å². The summed E-state index contributed by atoms with van der Waals surface area (Å²) in [7, 11) is 0. The lowest BCUT2D eigenvalue weighted by Gasteiger charge is -2.35. The molecule has 2 atom stereocenters. The van der Waals surface area contributed by atoms with Gasteiger partial charge in [0.2, 0.25) is 0 Å². The molecular formula is C9H19ClN2O. The maximum absolute atomic E-state index is 9.08. The van der Waals surface area contributed by atoms with Gasteiger partial charge in [0.05, 0.1) is 0 Å². The third kappa shape index (κ3) is 2.15. The molecule has 2 N–H and O–H groups in total. The van der Waals surface area contributed by atoms with Gasteiger partial charge in [0.15, 0.2) is 0 Å². The summed E-state index contributed by atoms with van der Waals surface area (Å²) in [5.41, 5.74) is 0. The van der Waals surface area contributed by atoms with E-state index in [1.807, 2.05) is 0 Å². The zero-order valence-electron chi connectivity index (χ0n) is 8.07. The molecule has 0 unspecified atom stereocenters. The fourth-order valence-electron chi connectivity index (χ4n) is 2.14. The number of rotatable bonds is 2. The first-order valence-corrected chi connectivity index (χ1v) is 4.87. The quantitative estimate of drug-likeness (QED) is 0.665. The van der Waals surface area contributed by atoms with E-state index in [0.29, 0.717) is 18.4 Å². The van der Waals surface area contributed by atoms with Crippen LogP contribution in [-0.4, -0.2) is 48.8 Å². The average molecular weight is 207 g/mol. The number of nitrogens with one attached hydrogen (secondary N) is 1. The highest BCUT2D eigenvalue weighted by Crippen LogP contribution is 2.24. The van der Waals surface area contributed by atoms with Crippen molar-refractivity contribution in [3.8, 4) is 0 Å². The SMILES string of the molecule is C[C@@H]1CN(C2CNC2)C[C@H]1CO.Cl. The predicted molar refractivity (Wildman–Crippen MR) is 55.2 cm³/mol. The van der Waals surface area contributed by atoms with Crippen molar-refractivity contribution in [2.45, 2.75) is 13.0 Å². The van der Waals surface area contributed by atoms with Crippen LogP contribution in [0.1, 0.15) is 6.92 Å². The molecule has 2 saturated heterocycles. The van der Waals surface area contributed by atoms with Crippen LogP contribution < -0.4 is 5.32 Å². The van der Waals surface area contributed by atoms with Crippen LogP contribution in [0, 0.1) is 11.8 Å². The first-order chi connectivity index (χ1) is 5.81. The molecule has 3 nitrogen and oxygen atoms in total. The minimum absolute atomic E-state index is 0. The van der Waals surface area contributed by atoms with E-state index in [-0.39, 0.29) is 12.4 Å². The smallest absolute Gasteiger partial charge is 0.0474 e. The lowest BCUT2D eigenvalue weighted by atomic mass is 10.00. The molecule has 0 radical (unpaired) electrons. The molecule has 2 aliphatic heterocycles. The van der Waals surface area contributed by atoms with Crippen LogP contribution in [0.25, 0.3) is 0 Å². The molecule has 0 aromatic rings. The van der Waals surface area contributed by atoms with Gasteiger partial charge in [-0.15, -0.1) is 12.4 Å². The van der Waals surface area contributed by atoms with Gasteiger partial charge in [-0.25, -0.2) is 0 Å². The molecule has 0 aromatic heterocycles. The van der Waals surface area contributed by atoms with Crippen molar-refractivity contribution in [3.05, 3.63) is 0 Å². The second-order valence-electron chi connectivity index (χ2n) is 4.19. The summed E-state index contributed by atoms with van der Waals surface area (Å²) in [5.74, 6) is 1.20. The Labute approximate surface area is 85.9 Å². The third-order valence-electron chi connectivity index (χ3n) is 3.31. The first kappa shape index (κ1) is 11.2. The van der Waals surface area contributed by atoms with E-state index in [0.717, 1.165) is 25.7 Å². The Hall–Kier alpha value is 0.170. The molecule has 0 saturated carbocycles. The normalized spacial score (nSPS) is 35.5. The van der Waals surface area contributed by atoms with Crippen molar-refractivity contribution in [3.63, 3.8) is 0 Å². The van der Waals surface area contributed by atoms with E-state index in [4.69, 9.17) is 5.11 Å². The number of hydrogen-bond acceptors (Lipinski definition) is 3. The molecule has 13 heavy (non-hydrogen) atoms. The van der Waals surface area contributed by atoms with Gasteiger partial charge >= 0.3 is 0 Å². The molecule has 2 fully saturated rings. The Balaban J connectivity index is 0.000000845.